The molecule has 0 radical (unpaired) electrons. The minimum absolute atomic E-state index is 0.334. The Bertz CT molecular complexity index is 363. The van der Waals surface area contributed by atoms with Crippen molar-refractivity contribution >= 4 is 5.97 Å². The highest BCUT2D eigenvalue weighted by atomic mass is 16.4. The summed E-state index contributed by atoms with van der Waals surface area (Å²) in [5, 5.41) is 9.13. The first-order chi connectivity index (χ1) is 7.68. The maximum absolute atomic E-state index is 11.1. The predicted octanol–water partition coefficient (Wildman–Crippen LogP) is 1.95. The van der Waals surface area contributed by atoms with E-state index < -0.39 is 5.97 Å². The summed E-state index contributed by atoms with van der Waals surface area (Å²) in [4.78, 5) is 13.0. The largest absolute Gasteiger partial charge is 0.480 e. The second kappa shape index (κ2) is 4.66. The fraction of sp³-hybridized carbons (Fsp3) is 0.462. The van der Waals surface area contributed by atoms with E-state index in [0.29, 0.717) is 5.92 Å². The molecule has 1 aliphatic heterocycles. The molecule has 0 bridgehead atoms. The number of piperidine rings is 1. The lowest BCUT2D eigenvalue weighted by Crippen LogP contribution is -2.44. The quantitative estimate of drug-likeness (QED) is 0.826. The summed E-state index contributed by atoms with van der Waals surface area (Å²) < 4.78 is 0. The third kappa shape index (κ3) is 2.25. The third-order valence-electron chi connectivity index (χ3n) is 3.43. The Morgan fingerprint density at radius 3 is 2.69 bits per heavy atom. The molecule has 86 valence electrons. The SMILES string of the molecule is CN1CC[C@H](c2ccccc2)C[C@@H]1C(=O)O. The van der Waals surface area contributed by atoms with Crippen LogP contribution in [0.4, 0.5) is 0 Å². The minimum atomic E-state index is -0.705. The number of carboxylic acid groups (broad SMARTS) is 1. The van der Waals surface area contributed by atoms with E-state index in [2.05, 4.69) is 12.1 Å². The number of rotatable bonds is 2. The second-order valence-corrected chi connectivity index (χ2v) is 4.47. The average Bonchev–Trinajstić information content (AvgIpc) is 2.30. The first-order valence-electron chi connectivity index (χ1n) is 5.66. The van der Waals surface area contributed by atoms with E-state index in [0.717, 1.165) is 19.4 Å². The van der Waals surface area contributed by atoms with Gasteiger partial charge in [-0.2, -0.15) is 0 Å². The van der Waals surface area contributed by atoms with Crippen LogP contribution in [0.5, 0.6) is 0 Å². The number of hydrogen-bond donors (Lipinski definition) is 1. The lowest BCUT2D eigenvalue weighted by molar-refractivity contribution is -0.144. The summed E-state index contributed by atoms with van der Waals surface area (Å²) in [5.41, 5.74) is 1.27. The van der Waals surface area contributed by atoms with Crippen LogP contribution in [-0.2, 0) is 4.79 Å². The molecule has 3 nitrogen and oxygen atoms in total. The van der Waals surface area contributed by atoms with E-state index in [-0.39, 0.29) is 6.04 Å². The number of likely N-dealkylation sites (N-methyl/N-ethyl adjacent to an activating group) is 1. The zero-order chi connectivity index (χ0) is 11.5. The predicted molar refractivity (Wildman–Crippen MR) is 62.5 cm³/mol. The first kappa shape index (κ1) is 11.1. The number of benzene rings is 1. The molecular formula is C13H17NO2. The molecule has 1 aliphatic rings. The third-order valence-corrected chi connectivity index (χ3v) is 3.43. The topological polar surface area (TPSA) is 40.5 Å². The second-order valence-electron chi connectivity index (χ2n) is 4.47. The molecule has 1 heterocycles. The van der Waals surface area contributed by atoms with Gasteiger partial charge in [-0.3, -0.25) is 9.69 Å². The summed E-state index contributed by atoms with van der Waals surface area (Å²) in [6.07, 6.45) is 1.76. The molecule has 0 aromatic heterocycles. The molecule has 1 saturated heterocycles. The number of carbonyl (C=O) groups is 1. The summed E-state index contributed by atoms with van der Waals surface area (Å²) in [6.45, 7) is 0.858. The van der Waals surface area contributed by atoms with Gasteiger partial charge in [0.25, 0.3) is 0 Å². The summed E-state index contributed by atoms with van der Waals surface area (Å²) >= 11 is 0. The van der Waals surface area contributed by atoms with Crippen molar-refractivity contribution in [3.05, 3.63) is 35.9 Å². The summed E-state index contributed by atoms with van der Waals surface area (Å²) in [7, 11) is 1.89. The normalized spacial score (nSPS) is 26.6. The van der Waals surface area contributed by atoms with Crippen LogP contribution in [0.2, 0.25) is 0 Å². The zero-order valence-corrected chi connectivity index (χ0v) is 9.47. The number of hydrogen-bond acceptors (Lipinski definition) is 2. The Kier molecular flexibility index (Phi) is 3.25. The first-order valence-corrected chi connectivity index (χ1v) is 5.66. The molecule has 2 atom stereocenters. The maximum Gasteiger partial charge on any atom is 0.320 e. The van der Waals surface area contributed by atoms with Crippen LogP contribution in [0.15, 0.2) is 30.3 Å². The molecule has 16 heavy (non-hydrogen) atoms. The Morgan fingerprint density at radius 1 is 1.38 bits per heavy atom. The molecule has 1 N–H and O–H groups in total. The van der Waals surface area contributed by atoms with Gasteiger partial charge < -0.3 is 5.11 Å². The van der Waals surface area contributed by atoms with Gasteiger partial charge in [0.15, 0.2) is 0 Å². The highest BCUT2D eigenvalue weighted by molar-refractivity contribution is 5.73. The highest BCUT2D eigenvalue weighted by Crippen LogP contribution is 2.30. The molecule has 1 aromatic carbocycles. The monoisotopic (exact) mass is 219 g/mol. The van der Waals surface area contributed by atoms with Gasteiger partial charge in [0, 0.05) is 0 Å². The standard InChI is InChI=1S/C13H17NO2/c1-14-8-7-11(9-12(14)13(15)16)10-5-3-2-4-6-10/h2-6,11-12H,7-9H2,1H3,(H,15,16)/t11-,12+/m0/s1. The van der Waals surface area contributed by atoms with Crippen molar-refractivity contribution in [3.63, 3.8) is 0 Å². The summed E-state index contributed by atoms with van der Waals surface area (Å²) in [6, 6.07) is 9.88. The van der Waals surface area contributed by atoms with Gasteiger partial charge in [0.05, 0.1) is 0 Å². The van der Waals surface area contributed by atoms with E-state index >= 15 is 0 Å². The van der Waals surface area contributed by atoms with Gasteiger partial charge in [-0.25, -0.2) is 0 Å². The number of nitrogens with zero attached hydrogens (tertiary/aromatic N) is 1. The van der Waals surface area contributed by atoms with Gasteiger partial charge in [0.2, 0.25) is 0 Å². The molecule has 1 aromatic rings. The number of likely N-dealkylation sites (tertiary alicyclic amines) is 1. The minimum Gasteiger partial charge on any atom is -0.480 e. The Balaban J connectivity index is 2.12. The molecule has 1 fully saturated rings. The number of aliphatic carboxylic acids is 1. The van der Waals surface area contributed by atoms with Crippen molar-refractivity contribution in [1.82, 2.24) is 4.90 Å². The molecule has 0 amide bonds. The van der Waals surface area contributed by atoms with Crippen molar-refractivity contribution in [2.75, 3.05) is 13.6 Å². The molecule has 2 rings (SSSR count). The van der Waals surface area contributed by atoms with Crippen molar-refractivity contribution < 1.29 is 9.90 Å². The molecule has 0 saturated carbocycles. The fourth-order valence-corrected chi connectivity index (χ4v) is 2.40. The van der Waals surface area contributed by atoms with Gasteiger partial charge in [-0.15, -0.1) is 0 Å². The van der Waals surface area contributed by atoms with Gasteiger partial charge in [0.1, 0.15) is 6.04 Å². The van der Waals surface area contributed by atoms with Crippen LogP contribution in [0.3, 0.4) is 0 Å². The lowest BCUT2D eigenvalue weighted by Gasteiger charge is -2.34. The zero-order valence-electron chi connectivity index (χ0n) is 9.47. The van der Waals surface area contributed by atoms with Crippen molar-refractivity contribution in [2.24, 2.45) is 0 Å². The van der Waals surface area contributed by atoms with Crippen LogP contribution >= 0.6 is 0 Å². The van der Waals surface area contributed by atoms with Crippen LogP contribution in [0.1, 0.15) is 24.3 Å². The van der Waals surface area contributed by atoms with Crippen LogP contribution < -0.4 is 0 Å². The van der Waals surface area contributed by atoms with Crippen molar-refractivity contribution in [1.29, 1.82) is 0 Å². The van der Waals surface area contributed by atoms with E-state index in [9.17, 15) is 4.79 Å². The number of carboxylic acids is 1. The van der Waals surface area contributed by atoms with Crippen LogP contribution in [-0.4, -0.2) is 35.6 Å². The molecule has 0 unspecified atom stereocenters. The fourth-order valence-electron chi connectivity index (χ4n) is 2.40. The smallest absolute Gasteiger partial charge is 0.320 e. The Morgan fingerprint density at radius 2 is 2.06 bits per heavy atom. The van der Waals surface area contributed by atoms with Crippen LogP contribution in [0, 0.1) is 0 Å². The average molecular weight is 219 g/mol. The van der Waals surface area contributed by atoms with Crippen LogP contribution in [0.25, 0.3) is 0 Å². The van der Waals surface area contributed by atoms with E-state index in [1.165, 1.54) is 5.56 Å². The van der Waals surface area contributed by atoms with Crippen molar-refractivity contribution in [3.8, 4) is 0 Å². The molecule has 0 spiro atoms. The molecular weight excluding hydrogens is 202 g/mol. The highest BCUT2D eigenvalue weighted by Gasteiger charge is 2.31. The van der Waals surface area contributed by atoms with E-state index in [1.807, 2.05) is 30.1 Å². The van der Waals surface area contributed by atoms with E-state index in [4.69, 9.17) is 5.11 Å². The molecule has 0 aliphatic carbocycles. The van der Waals surface area contributed by atoms with Gasteiger partial charge >= 0.3 is 5.97 Å². The van der Waals surface area contributed by atoms with Gasteiger partial charge in [-0.1, -0.05) is 30.3 Å². The summed E-state index contributed by atoms with van der Waals surface area (Å²) in [5.74, 6) is -0.318. The maximum atomic E-state index is 11.1. The lowest BCUT2D eigenvalue weighted by atomic mass is 9.85. The van der Waals surface area contributed by atoms with E-state index in [1.54, 1.807) is 0 Å². The molecule has 3 heteroatoms. The Hall–Kier alpha value is -1.35. The van der Waals surface area contributed by atoms with Crippen molar-refractivity contribution in [2.45, 2.75) is 24.8 Å². The Labute approximate surface area is 95.7 Å². The van der Waals surface area contributed by atoms with Gasteiger partial charge in [-0.05, 0) is 37.9 Å².